The van der Waals surface area contributed by atoms with Crippen molar-refractivity contribution in [2.24, 2.45) is 5.73 Å². The van der Waals surface area contributed by atoms with Crippen molar-refractivity contribution in [2.45, 2.75) is 6.61 Å². The van der Waals surface area contributed by atoms with Gasteiger partial charge in [-0.25, -0.2) is 9.97 Å². The molecule has 1 rings (SSSR count). The second kappa shape index (κ2) is 5.62. The summed E-state index contributed by atoms with van der Waals surface area (Å²) in [5.41, 5.74) is 5.08. The molecule has 0 atom stereocenters. The predicted molar refractivity (Wildman–Crippen MR) is 60.2 cm³/mol. The molecule has 88 valence electrons. The Labute approximate surface area is 98.4 Å². The SMILES string of the molecule is COCc1nc(Cl)cc(N(C)CC(N)=O)n1. The van der Waals surface area contributed by atoms with Crippen molar-refractivity contribution in [2.75, 3.05) is 25.6 Å². The van der Waals surface area contributed by atoms with Crippen molar-refractivity contribution >= 4 is 23.3 Å². The number of nitrogens with two attached hydrogens (primary N) is 1. The molecule has 0 aromatic carbocycles. The zero-order valence-electron chi connectivity index (χ0n) is 9.11. The molecule has 0 spiro atoms. The van der Waals surface area contributed by atoms with Crippen LogP contribution < -0.4 is 10.6 Å². The van der Waals surface area contributed by atoms with Gasteiger partial charge in [0.2, 0.25) is 5.91 Å². The average Bonchev–Trinajstić information content (AvgIpc) is 2.16. The highest BCUT2D eigenvalue weighted by atomic mass is 35.5. The minimum Gasteiger partial charge on any atom is -0.377 e. The van der Waals surface area contributed by atoms with E-state index in [-0.39, 0.29) is 13.2 Å². The first-order valence-electron chi connectivity index (χ1n) is 4.54. The number of halogens is 1. The largest absolute Gasteiger partial charge is 0.377 e. The first-order valence-corrected chi connectivity index (χ1v) is 4.92. The number of anilines is 1. The van der Waals surface area contributed by atoms with Gasteiger partial charge in [-0.1, -0.05) is 11.6 Å². The smallest absolute Gasteiger partial charge is 0.236 e. The molecular weight excluding hydrogens is 232 g/mol. The lowest BCUT2D eigenvalue weighted by atomic mass is 10.4. The molecule has 6 nitrogen and oxygen atoms in total. The van der Waals surface area contributed by atoms with Crippen molar-refractivity contribution in [1.82, 2.24) is 9.97 Å². The second-order valence-electron chi connectivity index (χ2n) is 3.22. The molecule has 0 aliphatic heterocycles. The Hall–Kier alpha value is -1.40. The summed E-state index contributed by atoms with van der Waals surface area (Å²) >= 11 is 5.82. The maximum absolute atomic E-state index is 10.8. The first-order chi connectivity index (χ1) is 7.52. The molecule has 1 amide bonds. The van der Waals surface area contributed by atoms with Crippen molar-refractivity contribution < 1.29 is 9.53 Å². The third-order valence-corrected chi connectivity index (χ3v) is 1.98. The molecule has 16 heavy (non-hydrogen) atoms. The lowest BCUT2D eigenvalue weighted by molar-refractivity contribution is -0.116. The number of hydrogen-bond donors (Lipinski definition) is 1. The third kappa shape index (κ3) is 3.63. The standard InChI is InChI=1S/C9H13ClN4O2/c1-14(4-7(11)15)9-3-6(10)12-8(13-9)5-16-2/h3H,4-5H2,1-2H3,(H2,11,15). The van der Waals surface area contributed by atoms with Gasteiger partial charge in [0.1, 0.15) is 17.6 Å². The summed E-state index contributed by atoms with van der Waals surface area (Å²) in [7, 11) is 3.23. The number of methoxy groups -OCH3 is 1. The van der Waals surface area contributed by atoms with Crippen LogP contribution in [0.25, 0.3) is 0 Å². The van der Waals surface area contributed by atoms with Gasteiger partial charge in [0, 0.05) is 20.2 Å². The predicted octanol–water partition coefficient (Wildman–Crippen LogP) is 0.198. The van der Waals surface area contributed by atoms with E-state index in [2.05, 4.69) is 9.97 Å². The Kier molecular flexibility index (Phi) is 4.45. The van der Waals surface area contributed by atoms with Gasteiger partial charge in [0.05, 0.1) is 6.54 Å². The molecule has 0 radical (unpaired) electrons. The number of aromatic nitrogens is 2. The maximum Gasteiger partial charge on any atom is 0.236 e. The summed E-state index contributed by atoms with van der Waals surface area (Å²) in [6, 6.07) is 1.56. The van der Waals surface area contributed by atoms with Crippen molar-refractivity contribution in [1.29, 1.82) is 0 Å². The van der Waals surface area contributed by atoms with Crippen LogP contribution in [-0.2, 0) is 16.1 Å². The van der Waals surface area contributed by atoms with E-state index in [9.17, 15) is 4.79 Å². The molecule has 0 unspecified atom stereocenters. The van der Waals surface area contributed by atoms with Crippen LogP contribution in [0.1, 0.15) is 5.82 Å². The zero-order chi connectivity index (χ0) is 12.1. The Morgan fingerprint density at radius 3 is 2.88 bits per heavy atom. The number of likely N-dealkylation sites (N-methyl/N-ethyl adjacent to an activating group) is 1. The highest BCUT2D eigenvalue weighted by molar-refractivity contribution is 6.29. The molecule has 1 aromatic rings. The highest BCUT2D eigenvalue weighted by Gasteiger charge is 2.09. The van der Waals surface area contributed by atoms with Gasteiger partial charge in [-0.2, -0.15) is 0 Å². The minimum absolute atomic E-state index is 0.0692. The van der Waals surface area contributed by atoms with E-state index < -0.39 is 5.91 Å². The molecule has 0 saturated carbocycles. The summed E-state index contributed by atoms with van der Waals surface area (Å²) in [5, 5.41) is 0.299. The lowest BCUT2D eigenvalue weighted by Gasteiger charge is -2.16. The number of ether oxygens (including phenoxy) is 1. The van der Waals surface area contributed by atoms with Gasteiger partial charge in [0.25, 0.3) is 0 Å². The Morgan fingerprint density at radius 2 is 2.31 bits per heavy atom. The van der Waals surface area contributed by atoms with Crippen LogP contribution in [0, 0.1) is 0 Å². The number of rotatable bonds is 5. The topological polar surface area (TPSA) is 81.3 Å². The third-order valence-electron chi connectivity index (χ3n) is 1.79. The summed E-state index contributed by atoms with van der Waals surface area (Å²) < 4.78 is 4.90. The minimum atomic E-state index is -0.439. The number of primary amides is 1. The maximum atomic E-state index is 10.8. The van der Waals surface area contributed by atoms with E-state index in [0.717, 1.165) is 0 Å². The molecule has 0 fully saturated rings. The van der Waals surface area contributed by atoms with Crippen LogP contribution in [0.2, 0.25) is 5.15 Å². The van der Waals surface area contributed by atoms with Crippen LogP contribution in [0.15, 0.2) is 6.07 Å². The normalized spacial score (nSPS) is 10.2. The van der Waals surface area contributed by atoms with E-state index in [1.807, 2.05) is 0 Å². The fourth-order valence-electron chi connectivity index (χ4n) is 1.16. The summed E-state index contributed by atoms with van der Waals surface area (Å²) in [6.45, 7) is 0.331. The van der Waals surface area contributed by atoms with Gasteiger partial charge in [-0.15, -0.1) is 0 Å². The molecule has 1 aromatic heterocycles. The second-order valence-corrected chi connectivity index (χ2v) is 3.61. The van der Waals surface area contributed by atoms with E-state index in [0.29, 0.717) is 16.8 Å². The molecule has 0 bridgehead atoms. The summed E-state index contributed by atoms with van der Waals surface area (Å²) in [4.78, 5) is 20.5. The van der Waals surface area contributed by atoms with Gasteiger partial charge >= 0.3 is 0 Å². The first kappa shape index (κ1) is 12.7. The number of carbonyl (C=O) groups excluding carboxylic acids is 1. The molecule has 0 aliphatic carbocycles. The van der Waals surface area contributed by atoms with Crippen molar-refractivity contribution in [3.63, 3.8) is 0 Å². The molecule has 7 heteroatoms. The van der Waals surface area contributed by atoms with E-state index >= 15 is 0 Å². The van der Waals surface area contributed by atoms with E-state index in [1.54, 1.807) is 18.0 Å². The fourth-order valence-corrected chi connectivity index (χ4v) is 1.35. The Morgan fingerprint density at radius 1 is 1.62 bits per heavy atom. The Bertz CT molecular complexity index is 386. The lowest BCUT2D eigenvalue weighted by Crippen LogP contribution is -2.31. The molecular formula is C9H13ClN4O2. The van der Waals surface area contributed by atoms with Crippen LogP contribution >= 0.6 is 11.6 Å². The Balaban J connectivity index is 2.90. The molecule has 0 aliphatic rings. The van der Waals surface area contributed by atoms with E-state index in [4.69, 9.17) is 22.1 Å². The van der Waals surface area contributed by atoms with Gasteiger partial charge < -0.3 is 15.4 Å². The van der Waals surface area contributed by atoms with E-state index in [1.165, 1.54) is 7.11 Å². The van der Waals surface area contributed by atoms with Crippen LogP contribution in [0.5, 0.6) is 0 Å². The fraction of sp³-hybridized carbons (Fsp3) is 0.444. The number of nitrogens with zero attached hydrogens (tertiary/aromatic N) is 3. The zero-order valence-corrected chi connectivity index (χ0v) is 9.86. The highest BCUT2D eigenvalue weighted by Crippen LogP contribution is 2.14. The van der Waals surface area contributed by atoms with Gasteiger partial charge in [-0.05, 0) is 0 Å². The number of hydrogen-bond acceptors (Lipinski definition) is 5. The molecule has 0 saturated heterocycles. The quantitative estimate of drug-likeness (QED) is 0.749. The molecule has 2 N–H and O–H groups in total. The van der Waals surface area contributed by atoms with Crippen LogP contribution in [0.4, 0.5) is 5.82 Å². The van der Waals surface area contributed by atoms with Crippen LogP contribution in [0.3, 0.4) is 0 Å². The van der Waals surface area contributed by atoms with Gasteiger partial charge in [0.15, 0.2) is 5.82 Å². The number of amides is 1. The monoisotopic (exact) mass is 244 g/mol. The van der Waals surface area contributed by atoms with Crippen molar-refractivity contribution in [3.05, 3.63) is 17.0 Å². The summed E-state index contributed by atoms with van der Waals surface area (Å²) in [5.74, 6) is 0.553. The molecule has 1 heterocycles. The summed E-state index contributed by atoms with van der Waals surface area (Å²) in [6.07, 6.45) is 0. The van der Waals surface area contributed by atoms with Crippen LogP contribution in [-0.4, -0.2) is 36.6 Å². The number of carbonyl (C=O) groups is 1. The average molecular weight is 245 g/mol. The van der Waals surface area contributed by atoms with Crippen molar-refractivity contribution in [3.8, 4) is 0 Å². The van der Waals surface area contributed by atoms with Gasteiger partial charge in [-0.3, -0.25) is 4.79 Å².